The van der Waals surface area contributed by atoms with Gasteiger partial charge in [0.25, 0.3) is 0 Å². The molecule has 0 spiro atoms. The Labute approximate surface area is 179 Å². The summed E-state index contributed by atoms with van der Waals surface area (Å²) in [5.74, 6) is 2.44. The average molecular weight is 421 g/mol. The fraction of sp³-hybridized carbons (Fsp3) is 0.333. The molecule has 1 N–H and O–H groups in total. The molecule has 4 rings (SSSR count). The standard InChI is InChI=1S/C21H23N7O3/c1-28(12-18(29)26-17-10-24-19(31-3)11-23-17)21-14-5-4-6-15(14)25-20(27-21)16-9-13(30-2)7-8-22-16/h7-11H,4-6,12H2,1-3H3,(H,23,26,29). The van der Waals surface area contributed by atoms with Gasteiger partial charge in [-0.05, 0) is 25.3 Å². The summed E-state index contributed by atoms with van der Waals surface area (Å²) in [6, 6.07) is 3.58. The molecular formula is C21H23N7O3. The Morgan fingerprint density at radius 3 is 2.74 bits per heavy atom. The first-order chi connectivity index (χ1) is 15.1. The van der Waals surface area contributed by atoms with Gasteiger partial charge in [-0.3, -0.25) is 9.78 Å². The second-order valence-electron chi connectivity index (χ2n) is 7.08. The van der Waals surface area contributed by atoms with E-state index in [2.05, 4.69) is 20.3 Å². The Balaban J connectivity index is 1.56. The van der Waals surface area contributed by atoms with Crippen LogP contribution in [0.5, 0.6) is 11.6 Å². The number of nitrogens with one attached hydrogen (secondary N) is 1. The minimum Gasteiger partial charge on any atom is -0.497 e. The van der Waals surface area contributed by atoms with E-state index in [1.807, 2.05) is 11.9 Å². The molecule has 160 valence electrons. The quantitative estimate of drug-likeness (QED) is 0.611. The molecule has 3 aromatic rings. The molecule has 0 saturated carbocycles. The fourth-order valence-corrected chi connectivity index (χ4v) is 3.46. The predicted octanol–water partition coefficient (Wildman–Crippen LogP) is 1.91. The lowest BCUT2D eigenvalue weighted by molar-refractivity contribution is -0.115. The summed E-state index contributed by atoms with van der Waals surface area (Å²) in [4.78, 5) is 36.4. The zero-order valence-corrected chi connectivity index (χ0v) is 17.6. The molecule has 10 nitrogen and oxygen atoms in total. The molecule has 3 aromatic heterocycles. The predicted molar refractivity (Wildman–Crippen MR) is 114 cm³/mol. The summed E-state index contributed by atoms with van der Waals surface area (Å²) < 4.78 is 10.3. The number of aromatic nitrogens is 5. The molecule has 0 aliphatic heterocycles. The highest BCUT2D eigenvalue weighted by Gasteiger charge is 2.23. The Hall–Kier alpha value is -3.82. The summed E-state index contributed by atoms with van der Waals surface area (Å²) >= 11 is 0. The van der Waals surface area contributed by atoms with E-state index >= 15 is 0 Å². The number of likely N-dealkylation sites (N-methyl/N-ethyl adjacent to an activating group) is 1. The number of anilines is 2. The van der Waals surface area contributed by atoms with Gasteiger partial charge in [0.05, 0.1) is 33.2 Å². The highest BCUT2D eigenvalue weighted by Crippen LogP contribution is 2.31. The Morgan fingerprint density at radius 1 is 1.13 bits per heavy atom. The number of hydrogen-bond acceptors (Lipinski definition) is 9. The van der Waals surface area contributed by atoms with Crippen LogP contribution in [0.3, 0.4) is 0 Å². The fourth-order valence-electron chi connectivity index (χ4n) is 3.46. The van der Waals surface area contributed by atoms with Gasteiger partial charge in [-0.15, -0.1) is 0 Å². The molecule has 0 saturated heterocycles. The van der Waals surface area contributed by atoms with Gasteiger partial charge < -0.3 is 19.7 Å². The molecule has 1 amide bonds. The van der Waals surface area contributed by atoms with Crippen LogP contribution in [0.2, 0.25) is 0 Å². The number of methoxy groups -OCH3 is 2. The van der Waals surface area contributed by atoms with Gasteiger partial charge in [-0.1, -0.05) is 0 Å². The number of aryl methyl sites for hydroxylation is 1. The van der Waals surface area contributed by atoms with Crippen LogP contribution in [-0.2, 0) is 17.6 Å². The van der Waals surface area contributed by atoms with Crippen molar-refractivity contribution in [2.45, 2.75) is 19.3 Å². The van der Waals surface area contributed by atoms with Crippen LogP contribution < -0.4 is 19.7 Å². The number of carbonyl (C=O) groups is 1. The largest absolute Gasteiger partial charge is 0.497 e. The van der Waals surface area contributed by atoms with Crippen molar-refractivity contribution in [3.05, 3.63) is 42.0 Å². The monoisotopic (exact) mass is 421 g/mol. The van der Waals surface area contributed by atoms with Gasteiger partial charge in [0, 0.05) is 30.6 Å². The van der Waals surface area contributed by atoms with Gasteiger partial charge in [-0.2, -0.15) is 0 Å². The lowest BCUT2D eigenvalue weighted by Crippen LogP contribution is -2.31. The van der Waals surface area contributed by atoms with Crippen molar-refractivity contribution in [3.8, 4) is 23.1 Å². The van der Waals surface area contributed by atoms with Crippen LogP contribution in [0.4, 0.5) is 11.6 Å². The number of rotatable bonds is 7. The van der Waals surface area contributed by atoms with E-state index in [4.69, 9.17) is 19.4 Å². The van der Waals surface area contributed by atoms with Crippen molar-refractivity contribution in [1.29, 1.82) is 0 Å². The molecule has 0 bridgehead atoms. The lowest BCUT2D eigenvalue weighted by atomic mass is 10.2. The summed E-state index contributed by atoms with van der Waals surface area (Å²) in [6.45, 7) is 0.0993. The summed E-state index contributed by atoms with van der Waals surface area (Å²) in [5.41, 5.74) is 2.70. The molecule has 0 unspecified atom stereocenters. The van der Waals surface area contributed by atoms with Crippen molar-refractivity contribution >= 4 is 17.5 Å². The molecule has 1 aliphatic carbocycles. The third-order valence-corrected chi connectivity index (χ3v) is 4.95. The van der Waals surface area contributed by atoms with Gasteiger partial charge in [0.1, 0.15) is 17.3 Å². The number of amides is 1. The van der Waals surface area contributed by atoms with Crippen LogP contribution in [0.25, 0.3) is 11.5 Å². The van der Waals surface area contributed by atoms with Crippen molar-refractivity contribution in [2.24, 2.45) is 0 Å². The third kappa shape index (κ3) is 4.52. The van der Waals surface area contributed by atoms with Crippen LogP contribution >= 0.6 is 0 Å². The van der Waals surface area contributed by atoms with E-state index in [-0.39, 0.29) is 12.5 Å². The first-order valence-corrected chi connectivity index (χ1v) is 9.84. The number of carbonyl (C=O) groups excluding carboxylic acids is 1. The van der Waals surface area contributed by atoms with Gasteiger partial charge in [-0.25, -0.2) is 19.9 Å². The number of ether oxygens (including phenoxy) is 2. The van der Waals surface area contributed by atoms with Crippen molar-refractivity contribution < 1.29 is 14.3 Å². The Morgan fingerprint density at radius 2 is 2.00 bits per heavy atom. The van der Waals surface area contributed by atoms with E-state index in [1.165, 1.54) is 19.5 Å². The van der Waals surface area contributed by atoms with E-state index in [1.54, 1.807) is 25.4 Å². The molecule has 1 aliphatic rings. The second-order valence-corrected chi connectivity index (χ2v) is 7.08. The Bertz CT molecular complexity index is 1090. The van der Waals surface area contributed by atoms with E-state index in [0.29, 0.717) is 29.0 Å². The lowest BCUT2D eigenvalue weighted by Gasteiger charge is -2.21. The first kappa shape index (κ1) is 20.5. The summed E-state index contributed by atoms with van der Waals surface area (Å²) in [7, 11) is 4.95. The highest BCUT2D eigenvalue weighted by molar-refractivity contribution is 5.93. The van der Waals surface area contributed by atoms with E-state index in [9.17, 15) is 4.79 Å². The maximum atomic E-state index is 12.6. The van der Waals surface area contributed by atoms with Crippen molar-refractivity contribution in [3.63, 3.8) is 0 Å². The normalized spacial score (nSPS) is 12.2. The highest BCUT2D eigenvalue weighted by atomic mass is 16.5. The summed E-state index contributed by atoms with van der Waals surface area (Å²) in [6.07, 6.45) is 7.33. The van der Waals surface area contributed by atoms with Gasteiger partial charge >= 0.3 is 0 Å². The molecule has 0 aromatic carbocycles. The topological polar surface area (TPSA) is 115 Å². The SMILES string of the molecule is COc1ccnc(-c2nc3c(c(N(C)CC(=O)Nc4cnc(OC)cn4)n2)CCC3)c1. The molecule has 0 atom stereocenters. The molecular weight excluding hydrogens is 398 g/mol. The van der Waals surface area contributed by atoms with Gasteiger partial charge in [0.2, 0.25) is 11.8 Å². The molecule has 10 heteroatoms. The van der Waals surface area contributed by atoms with Crippen LogP contribution in [-0.4, -0.2) is 58.6 Å². The molecule has 0 fully saturated rings. The Kier molecular flexibility index (Phi) is 5.87. The smallest absolute Gasteiger partial charge is 0.245 e. The maximum Gasteiger partial charge on any atom is 0.245 e. The average Bonchev–Trinajstić information content (AvgIpc) is 3.27. The minimum absolute atomic E-state index is 0.0993. The molecule has 3 heterocycles. The van der Waals surface area contributed by atoms with E-state index < -0.39 is 0 Å². The zero-order chi connectivity index (χ0) is 21.8. The van der Waals surface area contributed by atoms with Crippen LogP contribution in [0.15, 0.2) is 30.7 Å². The third-order valence-electron chi connectivity index (χ3n) is 4.95. The summed E-state index contributed by atoms with van der Waals surface area (Å²) in [5, 5.41) is 2.74. The van der Waals surface area contributed by atoms with E-state index in [0.717, 1.165) is 36.3 Å². The minimum atomic E-state index is -0.228. The number of pyridine rings is 1. The number of hydrogen-bond donors (Lipinski definition) is 1. The van der Waals surface area contributed by atoms with Crippen LogP contribution in [0.1, 0.15) is 17.7 Å². The van der Waals surface area contributed by atoms with Gasteiger partial charge in [0.15, 0.2) is 11.6 Å². The van der Waals surface area contributed by atoms with Crippen LogP contribution in [0, 0.1) is 0 Å². The van der Waals surface area contributed by atoms with Crippen molar-refractivity contribution in [1.82, 2.24) is 24.9 Å². The molecule has 31 heavy (non-hydrogen) atoms. The number of nitrogens with zero attached hydrogens (tertiary/aromatic N) is 6. The van der Waals surface area contributed by atoms with Crippen molar-refractivity contribution in [2.75, 3.05) is 38.0 Å². The first-order valence-electron chi connectivity index (χ1n) is 9.84. The molecule has 0 radical (unpaired) electrons. The number of fused-ring (bicyclic) bond motifs is 1. The maximum absolute atomic E-state index is 12.6. The second kappa shape index (κ2) is 8.90. The zero-order valence-electron chi connectivity index (χ0n) is 17.6.